The quantitative estimate of drug-likeness (QED) is 0.859. The Bertz CT molecular complexity index is 580. The van der Waals surface area contributed by atoms with Gasteiger partial charge in [-0.3, -0.25) is 4.79 Å². The first-order chi connectivity index (χ1) is 9.09. The molecule has 0 radical (unpaired) electrons. The van der Waals surface area contributed by atoms with Gasteiger partial charge in [0.1, 0.15) is 4.88 Å². The maximum atomic E-state index is 12.1. The maximum Gasteiger partial charge on any atom is 0.262 e. The second-order valence-electron chi connectivity index (χ2n) is 4.65. The molecule has 0 atom stereocenters. The molecule has 1 heterocycles. The second kappa shape index (κ2) is 6.37. The highest BCUT2D eigenvalue weighted by Gasteiger charge is 2.16. The Hall–Kier alpha value is -1.10. The van der Waals surface area contributed by atoms with Gasteiger partial charge in [0.15, 0.2) is 0 Å². The van der Waals surface area contributed by atoms with Gasteiger partial charge in [0.2, 0.25) is 0 Å². The number of nitrogens with one attached hydrogen (secondary N) is 1. The summed E-state index contributed by atoms with van der Waals surface area (Å²) in [5, 5.41) is 4.43. The van der Waals surface area contributed by atoms with Crippen LogP contribution in [0.25, 0.3) is 10.1 Å². The summed E-state index contributed by atoms with van der Waals surface area (Å²) in [6, 6.07) is 7.80. The fraction of sp³-hybridized carbons (Fsp3) is 0.357. The minimum absolute atomic E-state index is 0.0787. The molecule has 1 amide bonds. The van der Waals surface area contributed by atoms with Crippen LogP contribution in [-0.4, -0.2) is 38.0 Å². The van der Waals surface area contributed by atoms with E-state index in [0.717, 1.165) is 23.1 Å². The number of nitrogens with zero attached hydrogens (tertiary/aromatic N) is 1. The molecule has 0 aliphatic carbocycles. The Labute approximate surface area is 122 Å². The van der Waals surface area contributed by atoms with Crippen LogP contribution < -0.4 is 5.32 Å². The summed E-state index contributed by atoms with van der Waals surface area (Å²) in [5.41, 5.74) is 0. The first-order valence-electron chi connectivity index (χ1n) is 6.19. The Morgan fingerprint density at radius 2 is 2.11 bits per heavy atom. The summed E-state index contributed by atoms with van der Waals surface area (Å²) in [7, 11) is 4.04. The third-order valence-corrected chi connectivity index (χ3v) is 4.48. The SMILES string of the molecule is CN(C)CCCNC(=O)c1sc2ccccc2c1Cl. The van der Waals surface area contributed by atoms with Crippen molar-refractivity contribution in [2.45, 2.75) is 6.42 Å². The van der Waals surface area contributed by atoms with E-state index in [9.17, 15) is 4.79 Å². The van der Waals surface area contributed by atoms with Crippen LogP contribution in [0.2, 0.25) is 5.02 Å². The van der Waals surface area contributed by atoms with Crippen molar-refractivity contribution in [3.63, 3.8) is 0 Å². The van der Waals surface area contributed by atoms with E-state index in [2.05, 4.69) is 10.2 Å². The fourth-order valence-corrected chi connectivity index (χ4v) is 3.27. The standard InChI is InChI=1S/C14H17ClN2OS/c1-17(2)9-5-8-16-14(18)13-12(15)10-6-3-4-7-11(10)19-13/h3-4,6-7H,5,8-9H2,1-2H3,(H,16,18). The number of fused-ring (bicyclic) bond motifs is 1. The summed E-state index contributed by atoms with van der Waals surface area (Å²) in [6.07, 6.45) is 0.932. The Balaban J connectivity index is 2.03. The summed E-state index contributed by atoms with van der Waals surface area (Å²) >= 11 is 7.70. The second-order valence-corrected chi connectivity index (χ2v) is 6.08. The molecule has 1 N–H and O–H groups in total. The molecule has 19 heavy (non-hydrogen) atoms. The van der Waals surface area contributed by atoms with E-state index >= 15 is 0 Å². The average Bonchev–Trinajstić information content (AvgIpc) is 2.72. The molecule has 1 aromatic carbocycles. The van der Waals surface area contributed by atoms with Gasteiger partial charge in [-0.1, -0.05) is 29.8 Å². The van der Waals surface area contributed by atoms with Crippen LogP contribution in [0.4, 0.5) is 0 Å². The normalized spacial score (nSPS) is 11.2. The first kappa shape index (κ1) is 14.3. The topological polar surface area (TPSA) is 32.3 Å². The van der Waals surface area contributed by atoms with E-state index in [0.29, 0.717) is 16.4 Å². The molecule has 5 heteroatoms. The zero-order valence-electron chi connectivity index (χ0n) is 11.1. The van der Waals surface area contributed by atoms with Crippen molar-refractivity contribution in [2.75, 3.05) is 27.2 Å². The molecule has 0 aliphatic heterocycles. The van der Waals surface area contributed by atoms with E-state index in [-0.39, 0.29) is 5.91 Å². The van der Waals surface area contributed by atoms with Crippen molar-refractivity contribution < 1.29 is 4.79 Å². The molecular formula is C14H17ClN2OS. The molecule has 0 unspecified atom stereocenters. The molecule has 2 rings (SSSR count). The molecule has 0 spiro atoms. The zero-order valence-corrected chi connectivity index (χ0v) is 12.6. The lowest BCUT2D eigenvalue weighted by molar-refractivity contribution is 0.0956. The van der Waals surface area contributed by atoms with E-state index in [1.165, 1.54) is 11.3 Å². The van der Waals surface area contributed by atoms with E-state index < -0.39 is 0 Å². The van der Waals surface area contributed by atoms with Crippen molar-refractivity contribution >= 4 is 38.9 Å². The lowest BCUT2D eigenvalue weighted by Gasteiger charge is -2.09. The lowest BCUT2D eigenvalue weighted by Crippen LogP contribution is -2.26. The van der Waals surface area contributed by atoms with E-state index in [1.54, 1.807) is 0 Å². The average molecular weight is 297 g/mol. The molecule has 102 valence electrons. The van der Waals surface area contributed by atoms with E-state index in [4.69, 9.17) is 11.6 Å². The van der Waals surface area contributed by atoms with Crippen LogP contribution in [0, 0.1) is 0 Å². The van der Waals surface area contributed by atoms with Crippen LogP contribution in [0.3, 0.4) is 0 Å². The number of hydrogen-bond donors (Lipinski definition) is 1. The summed E-state index contributed by atoms with van der Waals surface area (Å²) in [5.74, 6) is -0.0787. The molecule has 0 bridgehead atoms. The zero-order chi connectivity index (χ0) is 13.8. The Morgan fingerprint density at radius 1 is 1.37 bits per heavy atom. The molecule has 2 aromatic rings. The molecule has 0 saturated heterocycles. The predicted octanol–water partition coefficient (Wildman–Crippen LogP) is 3.24. The van der Waals surface area contributed by atoms with Gasteiger partial charge in [-0.2, -0.15) is 0 Å². The third kappa shape index (κ3) is 3.47. The van der Waals surface area contributed by atoms with Gasteiger partial charge in [0, 0.05) is 16.6 Å². The number of halogens is 1. The number of rotatable bonds is 5. The van der Waals surface area contributed by atoms with Gasteiger partial charge < -0.3 is 10.2 Å². The van der Waals surface area contributed by atoms with E-state index in [1.807, 2.05) is 38.4 Å². The Kier molecular flexibility index (Phi) is 4.80. The number of hydrogen-bond acceptors (Lipinski definition) is 3. The Morgan fingerprint density at radius 3 is 2.79 bits per heavy atom. The van der Waals surface area contributed by atoms with Crippen LogP contribution in [0.1, 0.15) is 16.1 Å². The highest BCUT2D eigenvalue weighted by Crippen LogP contribution is 2.34. The number of carbonyl (C=O) groups is 1. The van der Waals surface area contributed by atoms with Gasteiger partial charge in [-0.25, -0.2) is 0 Å². The first-order valence-corrected chi connectivity index (χ1v) is 7.39. The molecule has 3 nitrogen and oxygen atoms in total. The van der Waals surface area contributed by atoms with Crippen LogP contribution >= 0.6 is 22.9 Å². The van der Waals surface area contributed by atoms with Crippen molar-refractivity contribution in [1.82, 2.24) is 10.2 Å². The minimum atomic E-state index is -0.0787. The third-order valence-electron chi connectivity index (χ3n) is 2.81. The van der Waals surface area contributed by atoms with Crippen molar-refractivity contribution in [2.24, 2.45) is 0 Å². The summed E-state index contributed by atoms with van der Waals surface area (Å²) < 4.78 is 1.05. The largest absolute Gasteiger partial charge is 0.351 e. The highest BCUT2D eigenvalue weighted by atomic mass is 35.5. The molecule has 0 fully saturated rings. The van der Waals surface area contributed by atoms with Gasteiger partial charge in [-0.15, -0.1) is 11.3 Å². The number of benzene rings is 1. The van der Waals surface area contributed by atoms with Gasteiger partial charge in [0.25, 0.3) is 5.91 Å². The number of amides is 1. The van der Waals surface area contributed by atoms with Gasteiger partial charge in [0.05, 0.1) is 5.02 Å². The lowest BCUT2D eigenvalue weighted by atomic mass is 10.2. The van der Waals surface area contributed by atoms with Crippen LogP contribution in [0.15, 0.2) is 24.3 Å². The monoisotopic (exact) mass is 296 g/mol. The minimum Gasteiger partial charge on any atom is -0.351 e. The highest BCUT2D eigenvalue weighted by molar-refractivity contribution is 7.21. The number of thiophene rings is 1. The molecule has 0 saturated carbocycles. The number of carbonyl (C=O) groups excluding carboxylic acids is 1. The molecule has 0 aliphatic rings. The van der Waals surface area contributed by atoms with Crippen molar-refractivity contribution in [3.05, 3.63) is 34.2 Å². The van der Waals surface area contributed by atoms with Gasteiger partial charge >= 0.3 is 0 Å². The molecule has 1 aromatic heterocycles. The summed E-state index contributed by atoms with van der Waals surface area (Å²) in [6.45, 7) is 1.63. The summed E-state index contributed by atoms with van der Waals surface area (Å²) in [4.78, 5) is 14.8. The van der Waals surface area contributed by atoms with Crippen LogP contribution in [0.5, 0.6) is 0 Å². The van der Waals surface area contributed by atoms with Crippen LogP contribution in [-0.2, 0) is 0 Å². The van der Waals surface area contributed by atoms with Crippen molar-refractivity contribution in [3.8, 4) is 0 Å². The maximum absolute atomic E-state index is 12.1. The van der Waals surface area contributed by atoms with Gasteiger partial charge in [-0.05, 0) is 33.1 Å². The fourth-order valence-electron chi connectivity index (χ4n) is 1.84. The van der Waals surface area contributed by atoms with Crippen molar-refractivity contribution in [1.29, 1.82) is 0 Å². The predicted molar refractivity (Wildman–Crippen MR) is 82.3 cm³/mol. The smallest absolute Gasteiger partial charge is 0.262 e. The molecular weight excluding hydrogens is 280 g/mol.